The number of aromatic amines is 1. The fourth-order valence-electron chi connectivity index (χ4n) is 1.56. The van der Waals surface area contributed by atoms with Crippen molar-refractivity contribution in [2.45, 2.75) is 19.9 Å². The highest BCUT2D eigenvalue weighted by atomic mass is 35.5. The largest absolute Gasteiger partial charge is 0.376 e. The van der Waals surface area contributed by atoms with Crippen molar-refractivity contribution < 1.29 is 0 Å². The molecule has 1 aromatic heterocycles. The van der Waals surface area contributed by atoms with Gasteiger partial charge in [0.15, 0.2) is 0 Å². The lowest BCUT2D eigenvalue weighted by molar-refractivity contribution is 0.825. The molecule has 0 radical (unpaired) electrons. The van der Waals surface area contributed by atoms with E-state index >= 15 is 0 Å². The van der Waals surface area contributed by atoms with Crippen LogP contribution in [0, 0.1) is 6.92 Å². The second-order valence-electron chi connectivity index (χ2n) is 3.86. The summed E-state index contributed by atoms with van der Waals surface area (Å²) in [5, 5.41) is 10.9. The van der Waals surface area contributed by atoms with Crippen molar-refractivity contribution in [2.75, 3.05) is 5.32 Å². The van der Waals surface area contributed by atoms with E-state index in [4.69, 9.17) is 11.6 Å². The first-order chi connectivity index (χ1) is 7.66. The predicted octanol–water partition coefficient (Wildman–Crippen LogP) is 3.54. The minimum absolute atomic E-state index is 0.155. The van der Waals surface area contributed by atoms with Gasteiger partial charge in [-0.2, -0.15) is 5.10 Å². The van der Waals surface area contributed by atoms with Gasteiger partial charge < -0.3 is 5.32 Å². The van der Waals surface area contributed by atoms with Crippen LogP contribution in [0.4, 0.5) is 5.69 Å². The van der Waals surface area contributed by atoms with E-state index in [0.29, 0.717) is 0 Å². The Kier molecular flexibility index (Phi) is 3.15. The second-order valence-corrected chi connectivity index (χ2v) is 4.27. The van der Waals surface area contributed by atoms with Gasteiger partial charge in [0.1, 0.15) is 0 Å². The molecule has 3 nitrogen and oxygen atoms in total. The molecule has 0 aliphatic heterocycles. The van der Waals surface area contributed by atoms with Gasteiger partial charge in [0.05, 0.1) is 22.4 Å². The van der Waals surface area contributed by atoms with Gasteiger partial charge in [-0.05, 0) is 37.6 Å². The van der Waals surface area contributed by atoms with Crippen LogP contribution in [0.15, 0.2) is 30.5 Å². The molecule has 0 amide bonds. The molecule has 0 aliphatic carbocycles. The topological polar surface area (TPSA) is 40.7 Å². The molecular formula is C12H14ClN3. The molecule has 2 N–H and O–H groups in total. The first-order valence-electron chi connectivity index (χ1n) is 5.19. The third-order valence-electron chi connectivity index (χ3n) is 2.49. The Morgan fingerprint density at radius 1 is 1.38 bits per heavy atom. The van der Waals surface area contributed by atoms with Crippen LogP contribution < -0.4 is 5.32 Å². The van der Waals surface area contributed by atoms with E-state index < -0.39 is 0 Å². The predicted molar refractivity (Wildman–Crippen MR) is 66.8 cm³/mol. The summed E-state index contributed by atoms with van der Waals surface area (Å²) in [6.07, 6.45) is 1.74. The van der Waals surface area contributed by atoms with Crippen LogP contribution in [-0.4, -0.2) is 10.2 Å². The zero-order valence-corrected chi connectivity index (χ0v) is 10.0. The molecule has 1 heterocycles. The Morgan fingerprint density at radius 2 is 2.19 bits per heavy atom. The molecule has 1 aromatic carbocycles. The van der Waals surface area contributed by atoms with Crippen LogP contribution in [0.1, 0.15) is 24.2 Å². The molecule has 0 saturated heterocycles. The average molecular weight is 236 g/mol. The molecule has 84 valence electrons. The first-order valence-corrected chi connectivity index (χ1v) is 5.56. The summed E-state index contributed by atoms with van der Waals surface area (Å²) in [7, 11) is 0. The van der Waals surface area contributed by atoms with E-state index in [0.717, 1.165) is 22.0 Å². The Bertz CT molecular complexity index is 465. The standard InChI is InChI=1S/C12H14ClN3/c1-8-3-4-12(10(13)7-8)15-9(2)11-5-6-14-16-11/h3-7,9,15H,1-2H3,(H,14,16). The number of halogens is 1. The maximum atomic E-state index is 6.15. The number of H-pyrrole nitrogens is 1. The number of aromatic nitrogens is 2. The molecule has 16 heavy (non-hydrogen) atoms. The third-order valence-corrected chi connectivity index (χ3v) is 2.80. The highest BCUT2D eigenvalue weighted by Crippen LogP contribution is 2.26. The fraction of sp³-hybridized carbons (Fsp3) is 0.250. The van der Waals surface area contributed by atoms with E-state index in [1.54, 1.807) is 6.20 Å². The molecule has 0 saturated carbocycles. The van der Waals surface area contributed by atoms with Gasteiger partial charge in [-0.1, -0.05) is 17.7 Å². The van der Waals surface area contributed by atoms with Crippen LogP contribution in [0.25, 0.3) is 0 Å². The van der Waals surface area contributed by atoms with Crippen molar-refractivity contribution in [3.05, 3.63) is 46.7 Å². The molecule has 0 aliphatic rings. The van der Waals surface area contributed by atoms with Crippen LogP contribution >= 0.6 is 11.6 Å². The Hall–Kier alpha value is -1.48. The summed E-state index contributed by atoms with van der Waals surface area (Å²) in [6.45, 7) is 4.08. The molecule has 2 rings (SSSR count). The van der Waals surface area contributed by atoms with E-state index in [2.05, 4.69) is 22.4 Å². The number of rotatable bonds is 3. The first kappa shape index (κ1) is 11.0. The maximum Gasteiger partial charge on any atom is 0.0651 e. The number of benzene rings is 1. The van der Waals surface area contributed by atoms with Gasteiger partial charge >= 0.3 is 0 Å². The van der Waals surface area contributed by atoms with E-state index in [9.17, 15) is 0 Å². The van der Waals surface area contributed by atoms with Gasteiger partial charge in [-0.25, -0.2) is 0 Å². The highest BCUT2D eigenvalue weighted by Gasteiger charge is 2.08. The molecule has 0 spiro atoms. The van der Waals surface area contributed by atoms with Crippen LogP contribution in [0.3, 0.4) is 0 Å². The average Bonchev–Trinajstić information content (AvgIpc) is 2.75. The van der Waals surface area contributed by atoms with Gasteiger partial charge in [-0.3, -0.25) is 5.10 Å². The molecular weight excluding hydrogens is 222 g/mol. The smallest absolute Gasteiger partial charge is 0.0651 e. The molecule has 0 bridgehead atoms. The van der Waals surface area contributed by atoms with Crippen molar-refractivity contribution in [1.82, 2.24) is 10.2 Å². The van der Waals surface area contributed by atoms with Gasteiger partial charge in [-0.15, -0.1) is 0 Å². The molecule has 2 aromatic rings. The maximum absolute atomic E-state index is 6.15. The minimum Gasteiger partial charge on any atom is -0.376 e. The third kappa shape index (κ3) is 2.36. The number of nitrogens with zero attached hydrogens (tertiary/aromatic N) is 1. The normalized spacial score (nSPS) is 12.4. The monoisotopic (exact) mass is 235 g/mol. The second kappa shape index (κ2) is 4.58. The van der Waals surface area contributed by atoms with Crippen LogP contribution in [-0.2, 0) is 0 Å². The Labute approximate surface area is 99.8 Å². The number of anilines is 1. The van der Waals surface area contributed by atoms with E-state index in [-0.39, 0.29) is 6.04 Å². The van der Waals surface area contributed by atoms with Crippen molar-refractivity contribution in [1.29, 1.82) is 0 Å². The zero-order valence-electron chi connectivity index (χ0n) is 9.29. The Balaban J connectivity index is 2.15. The fourth-order valence-corrected chi connectivity index (χ4v) is 1.85. The lowest BCUT2D eigenvalue weighted by Crippen LogP contribution is -2.07. The number of hydrogen-bond donors (Lipinski definition) is 2. The number of aryl methyl sites for hydroxylation is 1. The SMILES string of the molecule is Cc1ccc(NC(C)c2ccn[nH]2)c(Cl)c1. The highest BCUT2D eigenvalue weighted by molar-refractivity contribution is 6.33. The van der Waals surface area contributed by atoms with E-state index in [1.165, 1.54) is 0 Å². The number of hydrogen-bond acceptors (Lipinski definition) is 2. The number of nitrogens with one attached hydrogen (secondary N) is 2. The molecule has 4 heteroatoms. The summed E-state index contributed by atoms with van der Waals surface area (Å²) >= 11 is 6.15. The lowest BCUT2D eigenvalue weighted by Gasteiger charge is -2.15. The van der Waals surface area contributed by atoms with Crippen LogP contribution in [0.2, 0.25) is 5.02 Å². The van der Waals surface area contributed by atoms with Crippen LogP contribution in [0.5, 0.6) is 0 Å². The summed E-state index contributed by atoms with van der Waals surface area (Å²) in [6, 6.07) is 8.07. The minimum atomic E-state index is 0.155. The van der Waals surface area contributed by atoms with Crippen molar-refractivity contribution in [3.8, 4) is 0 Å². The summed E-state index contributed by atoms with van der Waals surface area (Å²) in [5.74, 6) is 0. The van der Waals surface area contributed by atoms with Gasteiger partial charge in [0.2, 0.25) is 0 Å². The van der Waals surface area contributed by atoms with E-state index in [1.807, 2.05) is 31.2 Å². The summed E-state index contributed by atoms with van der Waals surface area (Å²) in [5.41, 5.74) is 3.13. The van der Waals surface area contributed by atoms with Crippen molar-refractivity contribution >= 4 is 17.3 Å². The van der Waals surface area contributed by atoms with Gasteiger partial charge in [0, 0.05) is 6.20 Å². The van der Waals surface area contributed by atoms with Crippen molar-refractivity contribution in [2.24, 2.45) is 0 Å². The Morgan fingerprint density at radius 3 is 2.81 bits per heavy atom. The molecule has 1 unspecified atom stereocenters. The summed E-state index contributed by atoms with van der Waals surface area (Å²) < 4.78 is 0. The quantitative estimate of drug-likeness (QED) is 0.854. The van der Waals surface area contributed by atoms with Gasteiger partial charge in [0.25, 0.3) is 0 Å². The summed E-state index contributed by atoms with van der Waals surface area (Å²) in [4.78, 5) is 0. The van der Waals surface area contributed by atoms with Crippen molar-refractivity contribution in [3.63, 3.8) is 0 Å². The molecule has 0 fully saturated rings. The molecule has 1 atom stereocenters. The lowest BCUT2D eigenvalue weighted by atomic mass is 10.2. The zero-order chi connectivity index (χ0) is 11.5.